The number of hydrogen-bond donors (Lipinski definition) is 2. The van der Waals surface area contributed by atoms with Crippen LogP contribution in [-0.4, -0.2) is 29.9 Å². The topological polar surface area (TPSA) is 58.4 Å². The lowest BCUT2D eigenvalue weighted by molar-refractivity contribution is -0.126. The summed E-state index contributed by atoms with van der Waals surface area (Å²) in [5, 5.41) is 2.94. The van der Waals surface area contributed by atoms with Crippen LogP contribution >= 0.6 is 0 Å². The quantitative estimate of drug-likeness (QED) is 0.801. The molecule has 0 aromatic heterocycles. The number of nitrogens with zero attached hydrogens (tertiary/aromatic N) is 1. The van der Waals surface area contributed by atoms with Crippen molar-refractivity contribution in [1.29, 1.82) is 0 Å². The molecular weight excluding hydrogens is 238 g/mol. The van der Waals surface area contributed by atoms with Gasteiger partial charge < -0.3 is 11.1 Å². The molecule has 0 aliphatic carbocycles. The van der Waals surface area contributed by atoms with Gasteiger partial charge in [0.05, 0.1) is 6.04 Å². The third-order valence-corrected chi connectivity index (χ3v) is 3.43. The van der Waals surface area contributed by atoms with E-state index in [-0.39, 0.29) is 24.0 Å². The van der Waals surface area contributed by atoms with Crippen molar-refractivity contribution in [1.82, 2.24) is 10.2 Å². The highest BCUT2D eigenvalue weighted by atomic mass is 16.2. The molecule has 0 saturated heterocycles. The summed E-state index contributed by atoms with van der Waals surface area (Å²) in [5.41, 5.74) is 7.67. The van der Waals surface area contributed by atoms with Crippen LogP contribution in [0.4, 0.5) is 5.69 Å². The van der Waals surface area contributed by atoms with Crippen LogP contribution in [0.15, 0.2) is 24.3 Å². The van der Waals surface area contributed by atoms with Crippen LogP contribution in [0.1, 0.15) is 39.3 Å². The van der Waals surface area contributed by atoms with Gasteiger partial charge in [0.1, 0.15) is 0 Å². The number of nitrogens with one attached hydrogen (secondary N) is 1. The molecule has 1 amide bonds. The first kappa shape index (κ1) is 15.5. The average Bonchev–Trinajstić information content (AvgIpc) is 2.35. The molecule has 0 heterocycles. The van der Waals surface area contributed by atoms with Gasteiger partial charge in [0.2, 0.25) is 5.91 Å². The van der Waals surface area contributed by atoms with E-state index < -0.39 is 0 Å². The van der Waals surface area contributed by atoms with Gasteiger partial charge in [0.15, 0.2) is 0 Å². The highest BCUT2D eigenvalue weighted by molar-refractivity contribution is 5.81. The van der Waals surface area contributed by atoms with E-state index in [1.54, 1.807) is 0 Å². The Bertz CT molecular complexity index is 431. The van der Waals surface area contributed by atoms with Gasteiger partial charge in [-0.05, 0) is 52.4 Å². The number of carbonyl (C=O) groups is 1. The summed E-state index contributed by atoms with van der Waals surface area (Å²) in [6.07, 6.45) is 0. The lowest BCUT2D eigenvalue weighted by Gasteiger charge is -2.30. The molecule has 0 spiro atoms. The summed E-state index contributed by atoms with van der Waals surface area (Å²) in [7, 11) is 1.96. The molecule has 1 rings (SSSR count). The molecule has 2 unspecified atom stereocenters. The molecule has 0 aliphatic rings. The minimum Gasteiger partial charge on any atom is -0.399 e. The number of nitrogen functional groups attached to an aromatic ring is 1. The van der Waals surface area contributed by atoms with Crippen LogP contribution in [0.5, 0.6) is 0 Å². The molecule has 0 fully saturated rings. The van der Waals surface area contributed by atoms with E-state index in [0.29, 0.717) is 0 Å². The SMILES string of the molecule is CC(C)NC(=O)C(C)N(C)C(C)c1cccc(N)c1. The molecule has 4 nitrogen and oxygen atoms in total. The summed E-state index contributed by atoms with van der Waals surface area (Å²) >= 11 is 0. The molecule has 1 aromatic rings. The second-order valence-corrected chi connectivity index (χ2v) is 5.35. The fourth-order valence-electron chi connectivity index (χ4n) is 1.98. The third-order valence-electron chi connectivity index (χ3n) is 3.43. The molecule has 2 atom stereocenters. The lowest BCUT2D eigenvalue weighted by Crippen LogP contribution is -2.46. The van der Waals surface area contributed by atoms with Crippen molar-refractivity contribution in [3.05, 3.63) is 29.8 Å². The zero-order chi connectivity index (χ0) is 14.6. The van der Waals surface area contributed by atoms with Gasteiger partial charge in [0, 0.05) is 17.8 Å². The molecular formula is C15H25N3O. The Labute approximate surface area is 116 Å². The van der Waals surface area contributed by atoms with E-state index in [0.717, 1.165) is 11.3 Å². The van der Waals surface area contributed by atoms with E-state index in [2.05, 4.69) is 12.2 Å². The molecule has 4 heteroatoms. The predicted molar refractivity (Wildman–Crippen MR) is 79.8 cm³/mol. The summed E-state index contributed by atoms with van der Waals surface area (Å²) in [6, 6.07) is 7.90. The van der Waals surface area contributed by atoms with E-state index >= 15 is 0 Å². The number of benzene rings is 1. The zero-order valence-electron chi connectivity index (χ0n) is 12.5. The minimum absolute atomic E-state index is 0.0493. The van der Waals surface area contributed by atoms with E-state index in [9.17, 15) is 4.79 Å². The molecule has 0 bridgehead atoms. The molecule has 0 radical (unpaired) electrons. The lowest BCUT2D eigenvalue weighted by atomic mass is 10.0. The van der Waals surface area contributed by atoms with Gasteiger partial charge >= 0.3 is 0 Å². The Kier molecular flexibility index (Phi) is 5.36. The number of likely N-dealkylation sites (N-methyl/N-ethyl adjacent to an activating group) is 1. The maximum absolute atomic E-state index is 12.0. The van der Waals surface area contributed by atoms with Crippen molar-refractivity contribution in [2.45, 2.75) is 45.8 Å². The second kappa shape index (κ2) is 6.57. The third kappa shape index (κ3) is 4.24. The molecule has 0 aliphatic heterocycles. The minimum atomic E-state index is -0.182. The van der Waals surface area contributed by atoms with Gasteiger partial charge in [-0.3, -0.25) is 9.69 Å². The van der Waals surface area contributed by atoms with Crippen LogP contribution < -0.4 is 11.1 Å². The predicted octanol–water partition coefficient (Wildman–Crippen LogP) is 2.17. The maximum Gasteiger partial charge on any atom is 0.237 e. The maximum atomic E-state index is 12.0. The Hall–Kier alpha value is -1.55. The van der Waals surface area contributed by atoms with Crippen LogP contribution in [0, 0.1) is 0 Å². The van der Waals surface area contributed by atoms with Gasteiger partial charge in [-0.25, -0.2) is 0 Å². The van der Waals surface area contributed by atoms with Gasteiger partial charge in [-0.15, -0.1) is 0 Å². The normalized spacial score (nSPS) is 14.5. The number of hydrogen-bond acceptors (Lipinski definition) is 3. The molecule has 19 heavy (non-hydrogen) atoms. The first-order valence-electron chi connectivity index (χ1n) is 6.70. The van der Waals surface area contributed by atoms with Crippen LogP contribution in [0.3, 0.4) is 0 Å². The zero-order valence-corrected chi connectivity index (χ0v) is 12.5. The highest BCUT2D eigenvalue weighted by Crippen LogP contribution is 2.22. The summed E-state index contributed by atoms with van der Waals surface area (Å²) in [5.74, 6) is 0.0493. The van der Waals surface area contributed by atoms with E-state index in [1.165, 1.54) is 0 Å². The number of amides is 1. The van der Waals surface area contributed by atoms with E-state index in [4.69, 9.17) is 5.73 Å². The van der Waals surface area contributed by atoms with Gasteiger partial charge in [-0.1, -0.05) is 12.1 Å². The largest absolute Gasteiger partial charge is 0.399 e. The van der Waals surface area contributed by atoms with Crippen molar-refractivity contribution in [3.63, 3.8) is 0 Å². The number of nitrogens with two attached hydrogens (primary N) is 1. The van der Waals surface area contributed by atoms with Crippen molar-refractivity contribution in [2.75, 3.05) is 12.8 Å². The van der Waals surface area contributed by atoms with Gasteiger partial charge in [0.25, 0.3) is 0 Å². The van der Waals surface area contributed by atoms with Crippen LogP contribution in [0.2, 0.25) is 0 Å². The molecule has 106 valence electrons. The molecule has 0 saturated carbocycles. The Balaban J connectivity index is 2.76. The first-order valence-corrected chi connectivity index (χ1v) is 6.70. The Morgan fingerprint density at radius 3 is 2.42 bits per heavy atom. The monoisotopic (exact) mass is 263 g/mol. The first-order chi connectivity index (χ1) is 8.82. The second-order valence-electron chi connectivity index (χ2n) is 5.35. The number of anilines is 1. The molecule has 1 aromatic carbocycles. The fourth-order valence-corrected chi connectivity index (χ4v) is 1.98. The highest BCUT2D eigenvalue weighted by Gasteiger charge is 2.23. The number of rotatable bonds is 5. The fraction of sp³-hybridized carbons (Fsp3) is 0.533. The Morgan fingerprint density at radius 2 is 1.89 bits per heavy atom. The van der Waals surface area contributed by atoms with Crippen molar-refractivity contribution in [3.8, 4) is 0 Å². The van der Waals surface area contributed by atoms with Crippen LogP contribution in [-0.2, 0) is 4.79 Å². The van der Waals surface area contributed by atoms with Crippen molar-refractivity contribution < 1.29 is 4.79 Å². The molecule has 3 N–H and O–H groups in total. The van der Waals surface area contributed by atoms with Crippen molar-refractivity contribution >= 4 is 11.6 Å². The summed E-state index contributed by atoms with van der Waals surface area (Å²) in [6.45, 7) is 7.92. The number of carbonyl (C=O) groups excluding carboxylic acids is 1. The van der Waals surface area contributed by atoms with Crippen LogP contribution in [0.25, 0.3) is 0 Å². The van der Waals surface area contributed by atoms with E-state index in [1.807, 2.05) is 57.0 Å². The van der Waals surface area contributed by atoms with Crippen molar-refractivity contribution in [2.24, 2.45) is 0 Å². The summed E-state index contributed by atoms with van der Waals surface area (Å²) in [4.78, 5) is 14.1. The average molecular weight is 263 g/mol. The van der Waals surface area contributed by atoms with Gasteiger partial charge in [-0.2, -0.15) is 0 Å². The Morgan fingerprint density at radius 1 is 1.26 bits per heavy atom. The smallest absolute Gasteiger partial charge is 0.237 e. The standard InChI is InChI=1S/C15H25N3O/c1-10(2)17-15(19)12(4)18(5)11(3)13-7-6-8-14(16)9-13/h6-12H,16H2,1-5H3,(H,17,19). The summed E-state index contributed by atoms with van der Waals surface area (Å²) < 4.78 is 0.